The van der Waals surface area contributed by atoms with E-state index in [1.807, 2.05) is 0 Å². The maximum Gasteiger partial charge on any atom is 0.177 e. The van der Waals surface area contributed by atoms with Crippen LogP contribution in [0.1, 0.15) is 13.8 Å². The molecule has 0 unspecified atom stereocenters. The van der Waals surface area contributed by atoms with Crippen LogP contribution in [0.4, 0.5) is 0 Å². The van der Waals surface area contributed by atoms with Gasteiger partial charge in [0.1, 0.15) is 0 Å². The molecule has 0 radical (unpaired) electrons. The Morgan fingerprint density at radius 2 is 2.25 bits per heavy atom. The zero-order valence-electron chi connectivity index (χ0n) is 5.14. The smallest absolute Gasteiger partial charge is 0.177 e. The van der Waals surface area contributed by atoms with Crippen molar-refractivity contribution in [1.82, 2.24) is 0 Å². The van der Waals surface area contributed by atoms with Crippen LogP contribution in [0.25, 0.3) is 0 Å². The predicted molar refractivity (Wildman–Crippen MR) is 34.0 cm³/mol. The van der Waals surface area contributed by atoms with Crippen molar-refractivity contribution >= 4 is 12.0 Å². The second kappa shape index (κ2) is 3.13. The molecule has 8 heavy (non-hydrogen) atoms. The molecule has 0 aromatic carbocycles. The van der Waals surface area contributed by atoms with Crippen LogP contribution in [-0.4, -0.2) is 12.0 Å². The fourth-order valence-corrected chi connectivity index (χ4v) is 0.247. The summed E-state index contributed by atoms with van der Waals surface area (Å²) in [7, 11) is 0. The molecule has 0 amide bonds. The molecule has 0 atom stereocenters. The van der Waals surface area contributed by atoms with E-state index in [2.05, 4.69) is 11.6 Å². The zero-order chi connectivity index (χ0) is 6.57. The highest BCUT2D eigenvalue weighted by molar-refractivity contribution is 5.93. The summed E-state index contributed by atoms with van der Waals surface area (Å²) in [5.41, 5.74) is 0.313. The van der Waals surface area contributed by atoms with Gasteiger partial charge in [0.15, 0.2) is 5.78 Å². The van der Waals surface area contributed by atoms with E-state index in [-0.39, 0.29) is 5.78 Å². The Balaban J connectivity index is 3.85. The van der Waals surface area contributed by atoms with E-state index >= 15 is 0 Å². The number of rotatable bonds is 2. The average Bonchev–Trinajstić information content (AvgIpc) is 1.67. The van der Waals surface area contributed by atoms with Gasteiger partial charge in [0.2, 0.25) is 0 Å². The van der Waals surface area contributed by atoms with Gasteiger partial charge in [-0.2, -0.15) is 0 Å². The van der Waals surface area contributed by atoms with Crippen LogP contribution in [0.5, 0.6) is 0 Å². The third-order valence-corrected chi connectivity index (χ3v) is 0.691. The van der Waals surface area contributed by atoms with Crippen LogP contribution in [0.15, 0.2) is 17.3 Å². The van der Waals surface area contributed by atoms with Gasteiger partial charge in [0.25, 0.3) is 0 Å². The first-order valence-electron chi connectivity index (χ1n) is 2.37. The molecular formula is C6H9NO. The number of hydrogen-bond donors (Lipinski definition) is 0. The lowest BCUT2D eigenvalue weighted by atomic mass is 10.4. The van der Waals surface area contributed by atoms with Crippen LogP contribution in [0, 0.1) is 0 Å². The molecule has 2 heteroatoms. The molecule has 0 aromatic rings. The summed E-state index contributed by atoms with van der Waals surface area (Å²) in [6, 6.07) is 0. The van der Waals surface area contributed by atoms with Gasteiger partial charge in [-0.25, -0.2) is 0 Å². The summed E-state index contributed by atoms with van der Waals surface area (Å²) in [6.07, 6.45) is 1.55. The van der Waals surface area contributed by atoms with Crippen LogP contribution >= 0.6 is 0 Å². The maximum absolute atomic E-state index is 10.3. The highest BCUT2D eigenvalue weighted by atomic mass is 16.1. The first kappa shape index (κ1) is 7.08. The molecule has 0 aliphatic heterocycles. The van der Waals surface area contributed by atoms with Crippen molar-refractivity contribution in [2.45, 2.75) is 13.8 Å². The molecule has 0 aromatic heterocycles. The molecule has 0 aliphatic carbocycles. The molecule has 44 valence electrons. The van der Waals surface area contributed by atoms with Crippen LogP contribution in [-0.2, 0) is 4.79 Å². The monoisotopic (exact) mass is 111 g/mol. The Morgan fingerprint density at radius 3 is 2.38 bits per heavy atom. The molecule has 0 saturated heterocycles. The van der Waals surface area contributed by atoms with Crippen LogP contribution < -0.4 is 0 Å². The lowest BCUT2D eigenvalue weighted by Gasteiger charge is -1.85. The molecule has 0 fully saturated rings. The summed E-state index contributed by atoms with van der Waals surface area (Å²) in [5.74, 6) is -0.0805. The van der Waals surface area contributed by atoms with Gasteiger partial charge >= 0.3 is 0 Å². The Morgan fingerprint density at radius 1 is 1.75 bits per heavy atom. The van der Waals surface area contributed by atoms with Crippen molar-refractivity contribution in [1.29, 1.82) is 0 Å². The Labute approximate surface area is 48.9 Å². The summed E-state index contributed by atoms with van der Waals surface area (Å²) in [5, 5.41) is 0. The number of hydrogen-bond acceptors (Lipinski definition) is 2. The molecule has 0 bridgehead atoms. The maximum atomic E-state index is 10.3. The zero-order valence-corrected chi connectivity index (χ0v) is 5.14. The highest BCUT2D eigenvalue weighted by Crippen LogP contribution is 1.90. The van der Waals surface area contributed by atoms with Crippen molar-refractivity contribution in [3.05, 3.63) is 12.3 Å². The molecule has 0 N–H and O–H groups in total. The standard InChI is InChI=1S/C6H9NO/c1-4-7-5(2)6(3)8/h4H,2H2,1,3H3/b7-4-. The number of Topliss-reactive ketones (excluding diaryl/α,β-unsaturated/α-hetero) is 1. The number of carbonyl (C=O) groups is 1. The predicted octanol–water partition coefficient (Wildman–Crippen LogP) is 1.18. The van der Waals surface area contributed by atoms with Crippen molar-refractivity contribution in [3.63, 3.8) is 0 Å². The topological polar surface area (TPSA) is 29.4 Å². The van der Waals surface area contributed by atoms with E-state index < -0.39 is 0 Å². The summed E-state index contributed by atoms with van der Waals surface area (Å²) in [4.78, 5) is 14.0. The van der Waals surface area contributed by atoms with Gasteiger partial charge in [0.05, 0.1) is 5.70 Å². The van der Waals surface area contributed by atoms with E-state index in [0.717, 1.165) is 0 Å². The third-order valence-electron chi connectivity index (χ3n) is 0.691. The minimum Gasteiger partial charge on any atom is -0.293 e. The van der Waals surface area contributed by atoms with Gasteiger partial charge in [-0.3, -0.25) is 9.79 Å². The van der Waals surface area contributed by atoms with Gasteiger partial charge in [-0.15, -0.1) is 0 Å². The van der Waals surface area contributed by atoms with Crippen molar-refractivity contribution in [3.8, 4) is 0 Å². The first-order chi connectivity index (χ1) is 3.68. The number of carbonyl (C=O) groups excluding carboxylic acids is 1. The van der Waals surface area contributed by atoms with E-state index in [9.17, 15) is 4.79 Å². The molecule has 0 rings (SSSR count). The fraction of sp³-hybridized carbons (Fsp3) is 0.333. The second-order valence-corrected chi connectivity index (χ2v) is 1.39. The average molecular weight is 111 g/mol. The second-order valence-electron chi connectivity index (χ2n) is 1.39. The Bertz CT molecular complexity index is 135. The Hall–Kier alpha value is -0.920. The van der Waals surface area contributed by atoms with Gasteiger partial charge < -0.3 is 0 Å². The molecule has 0 spiro atoms. The quantitative estimate of drug-likeness (QED) is 0.388. The van der Waals surface area contributed by atoms with E-state index in [1.165, 1.54) is 6.92 Å². The lowest BCUT2D eigenvalue weighted by Crippen LogP contribution is -1.89. The largest absolute Gasteiger partial charge is 0.293 e. The molecular weight excluding hydrogens is 102 g/mol. The van der Waals surface area contributed by atoms with Crippen molar-refractivity contribution in [2.24, 2.45) is 4.99 Å². The molecule has 0 aliphatic rings. The summed E-state index contributed by atoms with van der Waals surface area (Å²) >= 11 is 0. The number of aliphatic imine (C=N–C) groups is 1. The van der Waals surface area contributed by atoms with Gasteiger partial charge in [-0.1, -0.05) is 6.58 Å². The molecule has 2 nitrogen and oxygen atoms in total. The van der Waals surface area contributed by atoms with Crippen LogP contribution in [0.3, 0.4) is 0 Å². The minimum atomic E-state index is -0.0805. The molecule has 0 heterocycles. The van der Waals surface area contributed by atoms with Crippen molar-refractivity contribution < 1.29 is 4.79 Å². The lowest BCUT2D eigenvalue weighted by molar-refractivity contribution is -0.113. The van der Waals surface area contributed by atoms with E-state index in [1.54, 1.807) is 13.1 Å². The highest BCUT2D eigenvalue weighted by Gasteiger charge is 1.92. The van der Waals surface area contributed by atoms with E-state index in [4.69, 9.17) is 0 Å². The molecule has 0 saturated carbocycles. The van der Waals surface area contributed by atoms with E-state index in [0.29, 0.717) is 5.70 Å². The van der Waals surface area contributed by atoms with Crippen LogP contribution in [0.2, 0.25) is 0 Å². The number of ketones is 1. The van der Waals surface area contributed by atoms with Crippen molar-refractivity contribution in [2.75, 3.05) is 0 Å². The Kier molecular flexibility index (Phi) is 2.77. The van der Waals surface area contributed by atoms with Gasteiger partial charge in [0, 0.05) is 13.1 Å². The fourth-order valence-electron chi connectivity index (χ4n) is 0.247. The number of nitrogens with zero attached hydrogens (tertiary/aromatic N) is 1. The first-order valence-corrected chi connectivity index (χ1v) is 2.37. The normalized spacial score (nSPS) is 9.75. The minimum absolute atomic E-state index is 0.0805. The number of allylic oxidation sites excluding steroid dienone is 1. The SMILES string of the molecule is C=C(/N=C\C)C(C)=O. The summed E-state index contributed by atoms with van der Waals surface area (Å²) < 4.78 is 0. The third kappa shape index (κ3) is 2.29. The summed E-state index contributed by atoms with van der Waals surface area (Å²) in [6.45, 7) is 6.58. The van der Waals surface area contributed by atoms with Gasteiger partial charge in [-0.05, 0) is 6.92 Å².